The van der Waals surface area contributed by atoms with Crippen LogP contribution in [0.2, 0.25) is 0 Å². The number of carbonyl (C=O) groups excluding carboxylic acids is 1. The SMILES string of the molecule is O=C(Cc1csc(-c2ccoc2)n1)NC(C(=O)O)C1CC1. The molecule has 1 aliphatic rings. The molecule has 1 amide bonds. The summed E-state index contributed by atoms with van der Waals surface area (Å²) in [5, 5.41) is 14.2. The molecule has 110 valence electrons. The first kappa shape index (κ1) is 13.8. The normalized spacial score (nSPS) is 15.6. The summed E-state index contributed by atoms with van der Waals surface area (Å²) < 4.78 is 4.99. The van der Waals surface area contributed by atoms with Gasteiger partial charge in [-0.15, -0.1) is 11.3 Å². The molecule has 6 nitrogen and oxygen atoms in total. The molecule has 0 saturated heterocycles. The Kier molecular flexibility index (Phi) is 3.74. The lowest BCUT2D eigenvalue weighted by Crippen LogP contribution is -2.43. The van der Waals surface area contributed by atoms with Gasteiger partial charge >= 0.3 is 5.97 Å². The monoisotopic (exact) mass is 306 g/mol. The summed E-state index contributed by atoms with van der Waals surface area (Å²) in [6.07, 6.45) is 4.97. The second kappa shape index (κ2) is 5.69. The highest BCUT2D eigenvalue weighted by Gasteiger charge is 2.37. The number of carboxylic acid groups (broad SMARTS) is 1. The first-order valence-corrected chi connectivity index (χ1v) is 7.50. The van der Waals surface area contributed by atoms with E-state index >= 15 is 0 Å². The summed E-state index contributed by atoms with van der Waals surface area (Å²) in [5.74, 6) is -1.20. The fourth-order valence-electron chi connectivity index (χ4n) is 2.11. The minimum absolute atomic E-state index is 0.0726. The third kappa shape index (κ3) is 3.30. The van der Waals surface area contributed by atoms with Gasteiger partial charge in [-0.2, -0.15) is 0 Å². The molecule has 1 unspecified atom stereocenters. The summed E-state index contributed by atoms with van der Waals surface area (Å²) in [6.45, 7) is 0. The van der Waals surface area contributed by atoms with E-state index in [0.29, 0.717) is 5.69 Å². The average molecular weight is 306 g/mol. The van der Waals surface area contributed by atoms with E-state index in [2.05, 4.69) is 10.3 Å². The van der Waals surface area contributed by atoms with Crippen LogP contribution in [0.5, 0.6) is 0 Å². The zero-order chi connectivity index (χ0) is 14.8. The zero-order valence-corrected chi connectivity index (χ0v) is 11.9. The third-order valence-electron chi connectivity index (χ3n) is 3.34. The number of carbonyl (C=O) groups is 2. The summed E-state index contributed by atoms with van der Waals surface area (Å²) in [4.78, 5) is 27.4. The van der Waals surface area contributed by atoms with Crippen molar-refractivity contribution in [3.63, 3.8) is 0 Å². The van der Waals surface area contributed by atoms with Crippen molar-refractivity contribution in [2.75, 3.05) is 0 Å². The molecule has 0 radical (unpaired) electrons. The molecule has 0 bridgehead atoms. The molecule has 1 atom stereocenters. The minimum Gasteiger partial charge on any atom is -0.480 e. The van der Waals surface area contributed by atoms with E-state index < -0.39 is 12.0 Å². The Morgan fingerprint density at radius 1 is 1.52 bits per heavy atom. The number of hydrogen-bond acceptors (Lipinski definition) is 5. The molecule has 0 spiro atoms. The molecule has 2 aromatic rings. The van der Waals surface area contributed by atoms with E-state index in [-0.39, 0.29) is 18.2 Å². The van der Waals surface area contributed by atoms with Gasteiger partial charge < -0.3 is 14.8 Å². The van der Waals surface area contributed by atoms with E-state index in [1.807, 2.05) is 0 Å². The van der Waals surface area contributed by atoms with Crippen molar-refractivity contribution in [2.24, 2.45) is 5.92 Å². The van der Waals surface area contributed by atoms with E-state index in [4.69, 9.17) is 9.52 Å². The molecular formula is C14H14N2O4S. The molecule has 0 aromatic carbocycles. The number of hydrogen-bond donors (Lipinski definition) is 2. The van der Waals surface area contributed by atoms with Crippen LogP contribution in [0.4, 0.5) is 0 Å². The van der Waals surface area contributed by atoms with Gasteiger partial charge in [0.05, 0.1) is 18.4 Å². The Labute approximate surface area is 124 Å². The highest BCUT2D eigenvalue weighted by Crippen LogP contribution is 2.32. The van der Waals surface area contributed by atoms with Crippen LogP contribution in [-0.2, 0) is 16.0 Å². The number of nitrogens with zero attached hydrogens (tertiary/aromatic N) is 1. The van der Waals surface area contributed by atoms with Gasteiger partial charge in [0.1, 0.15) is 17.3 Å². The van der Waals surface area contributed by atoms with Crippen LogP contribution in [-0.4, -0.2) is 28.0 Å². The smallest absolute Gasteiger partial charge is 0.326 e. The second-order valence-electron chi connectivity index (χ2n) is 5.05. The van der Waals surface area contributed by atoms with Crippen molar-refractivity contribution in [1.82, 2.24) is 10.3 Å². The average Bonchev–Trinajstić information content (AvgIpc) is 2.94. The second-order valence-corrected chi connectivity index (χ2v) is 5.91. The number of amides is 1. The molecule has 0 aliphatic heterocycles. The Bertz CT molecular complexity index is 646. The Morgan fingerprint density at radius 3 is 2.95 bits per heavy atom. The maximum absolute atomic E-state index is 11.9. The van der Waals surface area contributed by atoms with Gasteiger partial charge in [0.15, 0.2) is 0 Å². The van der Waals surface area contributed by atoms with Crippen LogP contribution >= 0.6 is 11.3 Å². The van der Waals surface area contributed by atoms with Crippen molar-refractivity contribution in [3.8, 4) is 10.6 Å². The summed E-state index contributed by atoms with van der Waals surface area (Å²) in [5.41, 5.74) is 1.50. The lowest BCUT2D eigenvalue weighted by Gasteiger charge is -2.12. The largest absolute Gasteiger partial charge is 0.480 e. The number of aliphatic carboxylic acids is 1. The predicted molar refractivity (Wildman–Crippen MR) is 75.8 cm³/mol. The van der Waals surface area contributed by atoms with E-state index in [9.17, 15) is 9.59 Å². The van der Waals surface area contributed by atoms with Gasteiger partial charge in [-0.05, 0) is 24.8 Å². The zero-order valence-electron chi connectivity index (χ0n) is 11.1. The first-order chi connectivity index (χ1) is 10.1. The molecule has 3 rings (SSSR count). The Hall–Kier alpha value is -2.15. The molecule has 21 heavy (non-hydrogen) atoms. The Balaban J connectivity index is 1.61. The van der Waals surface area contributed by atoms with Gasteiger partial charge in [-0.3, -0.25) is 4.79 Å². The summed E-state index contributed by atoms with van der Waals surface area (Å²) in [6, 6.07) is 1.03. The first-order valence-electron chi connectivity index (χ1n) is 6.62. The molecule has 2 aromatic heterocycles. The van der Waals surface area contributed by atoms with Gasteiger partial charge in [0, 0.05) is 10.9 Å². The summed E-state index contributed by atoms with van der Waals surface area (Å²) >= 11 is 1.43. The standard InChI is InChI=1S/C14H14N2O4S/c17-11(16-12(14(18)19)8-1-2-8)5-10-7-21-13(15-10)9-3-4-20-6-9/h3-4,6-8,12H,1-2,5H2,(H,16,17)(H,18,19). The molecule has 7 heteroatoms. The van der Waals surface area contributed by atoms with Crippen LogP contribution in [0.3, 0.4) is 0 Å². The number of aromatic nitrogens is 1. The van der Waals surface area contributed by atoms with Crippen LogP contribution in [0, 0.1) is 5.92 Å². The van der Waals surface area contributed by atoms with Gasteiger partial charge in [-0.1, -0.05) is 0 Å². The lowest BCUT2D eigenvalue weighted by atomic mass is 10.2. The number of thiazole rings is 1. The van der Waals surface area contributed by atoms with Gasteiger partial charge in [0.25, 0.3) is 0 Å². The summed E-state index contributed by atoms with van der Waals surface area (Å²) in [7, 11) is 0. The maximum Gasteiger partial charge on any atom is 0.326 e. The molecule has 1 aliphatic carbocycles. The van der Waals surface area contributed by atoms with Gasteiger partial charge in [-0.25, -0.2) is 9.78 Å². The fraction of sp³-hybridized carbons (Fsp3) is 0.357. The Morgan fingerprint density at radius 2 is 2.33 bits per heavy atom. The predicted octanol–water partition coefficient (Wildman–Crippen LogP) is 1.92. The van der Waals surface area contributed by atoms with Crippen molar-refractivity contribution < 1.29 is 19.1 Å². The van der Waals surface area contributed by atoms with Crippen molar-refractivity contribution >= 4 is 23.2 Å². The van der Waals surface area contributed by atoms with Crippen LogP contribution in [0.25, 0.3) is 10.6 Å². The number of rotatable bonds is 6. The van der Waals surface area contributed by atoms with Crippen molar-refractivity contribution in [2.45, 2.75) is 25.3 Å². The lowest BCUT2D eigenvalue weighted by molar-refractivity contribution is -0.142. The quantitative estimate of drug-likeness (QED) is 0.850. The van der Waals surface area contributed by atoms with Crippen molar-refractivity contribution in [3.05, 3.63) is 29.7 Å². The molecule has 2 heterocycles. The number of furan rings is 1. The fourth-order valence-corrected chi connectivity index (χ4v) is 2.91. The van der Waals surface area contributed by atoms with E-state index in [0.717, 1.165) is 23.4 Å². The highest BCUT2D eigenvalue weighted by molar-refractivity contribution is 7.13. The number of nitrogens with one attached hydrogen (secondary N) is 1. The van der Waals surface area contributed by atoms with Crippen LogP contribution in [0.1, 0.15) is 18.5 Å². The number of carboxylic acids is 1. The molecule has 2 N–H and O–H groups in total. The van der Waals surface area contributed by atoms with Crippen LogP contribution in [0.15, 0.2) is 28.4 Å². The molecule has 1 saturated carbocycles. The van der Waals surface area contributed by atoms with E-state index in [1.54, 1.807) is 24.0 Å². The minimum atomic E-state index is -0.969. The van der Waals surface area contributed by atoms with Crippen molar-refractivity contribution in [1.29, 1.82) is 0 Å². The maximum atomic E-state index is 11.9. The van der Waals surface area contributed by atoms with Gasteiger partial charge in [0.2, 0.25) is 5.91 Å². The third-order valence-corrected chi connectivity index (χ3v) is 4.28. The molecular weight excluding hydrogens is 292 g/mol. The highest BCUT2D eigenvalue weighted by atomic mass is 32.1. The van der Waals surface area contributed by atoms with E-state index in [1.165, 1.54) is 11.3 Å². The topological polar surface area (TPSA) is 92.4 Å². The molecule has 1 fully saturated rings. The van der Waals surface area contributed by atoms with Crippen LogP contribution < -0.4 is 5.32 Å².